The Balaban J connectivity index is 0. The van der Waals surface area contributed by atoms with E-state index in [1.807, 2.05) is 0 Å². The van der Waals surface area contributed by atoms with Gasteiger partial charge in [-0.15, -0.1) is 13.2 Å². The van der Waals surface area contributed by atoms with Gasteiger partial charge in [-0.05, 0) is 0 Å². The minimum atomic E-state index is -10.5. The first kappa shape index (κ1) is 14.2. The van der Waals surface area contributed by atoms with Crippen LogP contribution in [0.25, 0.3) is 0 Å². The highest BCUT2D eigenvalue weighted by Crippen LogP contribution is 2.99. The van der Waals surface area contributed by atoms with E-state index in [-0.39, 0.29) is 0 Å². The van der Waals surface area contributed by atoms with Gasteiger partial charge in [0.15, 0.2) is 0 Å². The summed E-state index contributed by atoms with van der Waals surface area (Å²) >= 11 is 0. The van der Waals surface area contributed by atoms with Crippen LogP contribution in [0.3, 0.4) is 0 Å². The summed E-state index contributed by atoms with van der Waals surface area (Å²) < 4.78 is 88.8. The highest BCUT2D eigenvalue weighted by Gasteiger charge is 2.64. The lowest BCUT2D eigenvalue weighted by atomic mass is 11.4. The average molecular weight is 232 g/mol. The first-order chi connectivity index (χ1) is 4.45. The fourth-order valence-electron chi connectivity index (χ4n) is 0. The average Bonchev–Trinajstić information content (AvgIpc) is 1.04. The summed E-state index contributed by atoms with van der Waals surface area (Å²) in [6.07, 6.45) is -5.00. The van der Waals surface area contributed by atoms with Gasteiger partial charge in [0.25, 0.3) is 0 Å². The molecule has 0 aromatic carbocycles. The predicted octanol–water partition coefficient (Wildman–Crippen LogP) is 3.67. The highest BCUT2D eigenvalue weighted by atomic mass is 32.5. The number of alkyl halides is 3. The first-order valence-corrected chi connectivity index (χ1v) is 3.57. The van der Waals surface area contributed by atoms with Crippen molar-refractivity contribution in [1.29, 1.82) is 0 Å². The topological polar surface area (TPSA) is 20.2 Å². The van der Waals surface area contributed by atoms with E-state index >= 15 is 0 Å². The van der Waals surface area contributed by atoms with Crippen LogP contribution in [0.4, 0.5) is 36.5 Å². The molecule has 0 saturated carbocycles. The van der Waals surface area contributed by atoms with Gasteiger partial charge in [-0.2, -0.15) is 0 Å². The predicted molar refractivity (Wildman–Crippen MR) is 22.5 cm³/mol. The molecule has 0 aromatic heterocycles. The zero-order valence-corrected chi connectivity index (χ0v) is 5.57. The van der Waals surface area contributed by atoms with Crippen molar-refractivity contribution in [2.75, 3.05) is 0 Å². The van der Waals surface area contributed by atoms with Crippen LogP contribution in [0.2, 0.25) is 0 Å². The third-order valence-corrected chi connectivity index (χ3v) is 0. The fraction of sp³-hybridized carbons (Fsp3) is 1.00. The van der Waals surface area contributed by atoms with Gasteiger partial charge < -0.3 is 5.11 Å². The van der Waals surface area contributed by atoms with E-state index in [2.05, 4.69) is 0 Å². The summed E-state index contributed by atoms with van der Waals surface area (Å²) in [6.45, 7) is 0. The van der Waals surface area contributed by atoms with Gasteiger partial charge in [-0.1, -0.05) is 23.3 Å². The summed E-state index contributed by atoms with van der Waals surface area (Å²) in [5.41, 5.74) is 0. The van der Waals surface area contributed by atoms with Crippen LogP contribution in [0.5, 0.6) is 0 Å². The molecule has 1 N–H and O–H groups in total. The lowest BCUT2D eigenvalue weighted by Gasteiger charge is -2.28. The second-order valence-electron chi connectivity index (χ2n) is 1.34. The molecule has 0 aliphatic heterocycles. The van der Waals surface area contributed by atoms with Crippen molar-refractivity contribution < 1.29 is 41.6 Å². The molecule has 0 spiro atoms. The van der Waals surface area contributed by atoms with Gasteiger partial charge in [0, 0.05) is 0 Å². The molecule has 0 fully saturated rings. The van der Waals surface area contributed by atoms with E-state index in [1.54, 1.807) is 0 Å². The Morgan fingerprint density at radius 2 is 0.750 bits per heavy atom. The van der Waals surface area contributed by atoms with Crippen molar-refractivity contribution in [2.45, 2.75) is 6.36 Å². The Kier molecular flexibility index (Phi) is 2.77. The van der Waals surface area contributed by atoms with Crippen LogP contribution in [0.15, 0.2) is 0 Å². The van der Waals surface area contributed by atoms with Crippen molar-refractivity contribution >= 4 is 10.6 Å². The smallest absolute Gasteiger partial charge is 0.308 e. The van der Waals surface area contributed by atoms with Crippen LogP contribution >= 0.6 is 10.6 Å². The Morgan fingerprint density at radius 3 is 0.750 bits per heavy atom. The number of aliphatic hydroxyl groups is 1. The lowest BCUT2D eigenvalue weighted by molar-refractivity contribution is -0.295. The molecule has 0 saturated heterocycles. The number of rotatable bonds is 0. The van der Waals surface area contributed by atoms with E-state index in [4.69, 9.17) is 5.11 Å². The highest BCUT2D eigenvalue weighted by molar-refractivity contribution is 8.41. The van der Waals surface area contributed by atoms with Gasteiger partial charge in [-0.25, -0.2) is 0 Å². The second-order valence-corrected chi connectivity index (χ2v) is 3.09. The van der Waals surface area contributed by atoms with E-state index in [1.165, 1.54) is 0 Å². The molecular formula is CHF9OS. The number of halogens is 9. The Bertz CT molecular complexity index is 125. The number of hydrogen-bond acceptors (Lipinski definition) is 1. The SMILES string of the molecule is FS(F)(F)(F)(F)F.OC(F)(F)F. The molecule has 0 aliphatic carbocycles. The standard InChI is InChI=1S/CHF3O.F6S/c2-1(3,4)5;1-7(2,3,4,5)6/h5H;. The van der Waals surface area contributed by atoms with Crippen LogP contribution in [0.1, 0.15) is 0 Å². The summed E-state index contributed by atoms with van der Waals surface area (Å²) in [7, 11) is -10.5. The molecule has 0 amide bonds. The van der Waals surface area contributed by atoms with Gasteiger partial charge in [0.2, 0.25) is 0 Å². The van der Waals surface area contributed by atoms with E-state index in [9.17, 15) is 36.5 Å². The molecule has 80 valence electrons. The zero-order valence-electron chi connectivity index (χ0n) is 4.76. The minimum Gasteiger partial charge on any atom is -0.308 e. The zero-order chi connectivity index (χ0) is 10.9. The molecule has 0 heterocycles. The van der Waals surface area contributed by atoms with Crippen molar-refractivity contribution in [1.82, 2.24) is 0 Å². The summed E-state index contributed by atoms with van der Waals surface area (Å²) in [4.78, 5) is 0. The lowest BCUT2D eigenvalue weighted by Crippen LogP contribution is -2.01. The van der Waals surface area contributed by atoms with Crippen molar-refractivity contribution in [2.24, 2.45) is 0 Å². The van der Waals surface area contributed by atoms with Gasteiger partial charge >= 0.3 is 17.0 Å². The number of hydrogen-bond donors (Lipinski definition) is 1. The molecular weight excluding hydrogens is 231 g/mol. The minimum absolute atomic E-state index is 5.00. The summed E-state index contributed by atoms with van der Waals surface area (Å²) in [5.74, 6) is 0. The van der Waals surface area contributed by atoms with Crippen LogP contribution in [-0.2, 0) is 0 Å². The van der Waals surface area contributed by atoms with Crippen molar-refractivity contribution in [3.8, 4) is 0 Å². The monoisotopic (exact) mass is 232 g/mol. The van der Waals surface area contributed by atoms with Crippen molar-refractivity contribution in [3.05, 3.63) is 0 Å². The Morgan fingerprint density at radius 1 is 0.750 bits per heavy atom. The van der Waals surface area contributed by atoms with E-state index < -0.39 is 17.0 Å². The third kappa shape index (κ3) is 7120. The maximum Gasteiger partial charge on any atom is 0.519 e. The molecule has 12 heavy (non-hydrogen) atoms. The fourth-order valence-corrected chi connectivity index (χ4v) is 0. The Labute approximate surface area is 59.8 Å². The summed E-state index contributed by atoms with van der Waals surface area (Å²) in [6, 6.07) is 0. The molecule has 0 bridgehead atoms. The molecule has 0 radical (unpaired) electrons. The van der Waals surface area contributed by atoms with Gasteiger partial charge in [-0.3, -0.25) is 0 Å². The maximum absolute atomic E-state index is 10.5. The molecule has 0 aromatic rings. The summed E-state index contributed by atoms with van der Waals surface area (Å²) in [5, 5.41) is 6.52. The molecule has 0 atom stereocenters. The molecule has 0 aliphatic rings. The maximum atomic E-state index is 9.91. The van der Waals surface area contributed by atoms with Gasteiger partial charge in [0.1, 0.15) is 0 Å². The van der Waals surface area contributed by atoms with Gasteiger partial charge in [0.05, 0.1) is 0 Å². The molecule has 11 heteroatoms. The van der Waals surface area contributed by atoms with Crippen LogP contribution in [0, 0.1) is 0 Å². The molecule has 0 rings (SSSR count). The molecule has 0 unspecified atom stereocenters. The Hall–Kier alpha value is -0.320. The molecule has 1 nitrogen and oxygen atoms in total. The first-order valence-electron chi connectivity index (χ1n) is 1.72. The van der Waals surface area contributed by atoms with Crippen molar-refractivity contribution in [3.63, 3.8) is 0 Å². The van der Waals surface area contributed by atoms with E-state index in [0.29, 0.717) is 0 Å². The normalized spacial score (nSPS) is 18.5. The quantitative estimate of drug-likeness (QED) is 0.631. The van der Waals surface area contributed by atoms with E-state index in [0.717, 1.165) is 0 Å². The van der Waals surface area contributed by atoms with Crippen LogP contribution < -0.4 is 0 Å². The largest absolute Gasteiger partial charge is 0.519 e. The third-order valence-electron chi connectivity index (χ3n) is 0. The van der Waals surface area contributed by atoms with Crippen LogP contribution in [-0.4, -0.2) is 11.5 Å². The second kappa shape index (κ2) is 2.34.